The van der Waals surface area contributed by atoms with Crippen molar-refractivity contribution >= 4 is 22.9 Å². The molecule has 3 aliphatic heterocycles. The number of anilines is 2. The highest BCUT2D eigenvalue weighted by Crippen LogP contribution is 2.31. The number of morpholine rings is 1. The highest BCUT2D eigenvalue weighted by molar-refractivity contribution is 5.74. The third-order valence-corrected chi connectivity index (χ3v) is 5.81. The average Bonchev–Trinajstić information content (AvgIpc) is 3.39. The molecule has 0 aliphatic carbocycles. The van der Waals surface area contributed by atoms with E-state index in [9.17, 15) is 0 Å². The number of fused-ring (bicyclic) bond motifs is 1. The van der Waals surface area contributed by atoms with Crippen molar-refractivity contribution in [1.29, 1.82) is 0 Å². The highest BCUT2D eigenvalue weighted by Gasteiger charge is 2.30. The van der Waals surface area contributed by atoms with Gasteiger partial charge in [0.25, 0.3) is 0 Å². The highest BCUT2D eigenvalue weighted by atomic mass is 16.6. The van der Waals surface area contributed by atoms with Crippen LogP contribution in [0.25, 0.3) is 11.3 Å². The quantitative estimate of drug-likeness (QED) is 0.794. The molecule has 5 rings (SSSR count). The Bertz CT molecular complexity index is 747. The van der Waals surface area contributed by atoms with Gasteiger partial charge in [0.05, 0.1) is 13.2 Å². The molecule has 0 atom stereocenters. The fourth-order valence-corrected chi connectivity index (χ4v) is 4.37. The van der Waals surface area contributed by atoms with E-state index < -0.39 is 0 Å². The monoisotopic (exact) mass is 359 g/mol. The van der Waals surface area contributed by atoms with E-state index in [1.807, 2.05) is 0 Å². The lowest BCUT2D eigenvalue weighted by molar-refractivity contribution is 0.122. The maximum absolute atomic E-state index is 5.49. The number of nitrogens with zero attached hydrogens (tertiary/aromatic N) is 7. The molecule has 0 aromatic carbocycles. The van der Waals surface area contributed by atoms with Crippen molar-refractivity contribution in [2.75, 3.05) is 62.3 Å². The van der Waals surface area contributed by atoms with Crippen LogP contribution in [0.1, 0.15) is 25.7 Å². The van der Waals surface area contributed by atoms with Gasteiger partial charge in [0.2, 0.25) is 11.3 Å². The molecular weight excluding hydrogens is 334 g/mol. The van der Waals surface area contributed by atoms with E-state index in [0.717, 1.165) is 37.8 Å². The van der Waals surface area contributed by atoms with Crippen LogP contribution in [0.5, 0.6) is 0 Å². The molecule has 0 saturated carbocycles. The van der Waals surface area contributed by atoms with Gasteiger partial charge in [-0.1, -0.05) is 0 Å². The molecule has 0 radical (unpaired) electrons. The van der Waals surface area contributed by atoms with Gasteiger partial charge in [-0.3, -0.25) is 0 Å². The van der Waals surface area contributed by atoms with Gasteiger partial charge in [-0.05, 0) is 49.1 Å². The molecule has 2 aromatic rings. The van der Waals surface area contributed by atoms with Crippen LogP contribution in [-0.4, -0.2) is 83.7 Å². The van der Waals surface area contributed by atoms with Crippen LogP contribution in [-0.2, 0) is 4.74 Å². The van der Waals surface area contributed by atoms with E-state index in [-0.39, 0.29) is 0 Å². The van der Waals surface area contributed by atoms with E-state index in [0.29, 0.717) is 30.5 Å². The molecule has 0 amide bonds. The fourth-order valence-electron chi connectivity index (χ4n) is 4.37. The summed E-state index contributed by atoms with van der Waals surface area (Å²) in [5, 5.41) is 7.78. The lowest BCUT2D eigenvalue weighted by Crippen LogP contribution is -2.45. The number of ether oxygens (including phenoxy) is 1. The summed E-state index contributed by atoms with van der Waals surface area (Å²) in [6.45, 7) is 7.61. The van der Waals surface area contributed by atoms with Crippen molar-refractivity contribution in [3.63, 3.8) is 0 Å². The topological polar surface area (TPSA) is 83.7 Å². The van der Waals surface area contributed by atoms with Gasteiger partial charge < -0.3 is 19.4 Å². The van der Waals surface area contributed by atoms with Crippen LogP contribution in [0.2, 0.25) is 0 Å². The van der Waals surface area contributed by atoms with E-state index >= 15 is 0 Å². The standard InChI is InChI=1S/C17H25N7O2/c1-2-6-22(5-1)13-3-7-23(8-4-13)16-17(24-9-11-25-12-10-24)19-15-14(18-16)20-26-21-15/h13H,1-12H2. The Balaban J connectivity index is 1.40. The fraction of sp³-hybridized carbons (Fsp3) is 0.765. The van der Waals surface area contributed by atoms with Crippen LogP contribution in [0.15, 0.2) is 4.63 Å². The Morgan fingerprint density at radius 2 is 1.31 bits per heavy atom. The van der Waals surface area contributed by atoms with Gasteiger partial charge in [0, 0.05) is 32.2 Å². The van der Waals surface area contributed by atoms with Gasteiger partial charge >= 0.3 is 0 Å². The molecule has 26 heavy (non-hydrogen) atoms. The molecule has 9 nitrogen and oxygen atoms in total. The van der Waals surface area contributed by atoms with Gasteiger partial charge in [-0.15, -0.1) is 0 Å². The molecule has 0 unspecified atom stereocenters. The Morgan fingerprint density at radius 3 is 1.92 bits per heavy atom. The van der Waals surface area contributed by atoms with Crippen molar-refractivity contribution in [3.8, 4) is 0 Å². The number of hydrogen-bond donors (Lipinski definition) is 0. The third-order valence-electron chi connectivity index (χ3n) is 5.81. The SMILES string of the molecule is C1CCN(C2CCN(c3nc4nonc4nc3N3CCOCC3)CC2)C1. The maximum Gasteiger partial charge on any atom is 0.245 e. The lowest BCUT2D eigenvalue weighted by Gasteiger charge is -2.38. The minimum absolute atomic E-state index is 0.474. The van der Waals surface area contributed by atoms with Crippen LogP contribution >= 0.6 is 0 Å². The van der Waals surface area contributed by atoms with Crippen LogP contribution < -0.4 is 9.80 Å². The molecule has 0 bridgehead atoms. The number of hydrogen-bond acceptors (Lipinski definition) is 9. The zero-order chi connectivity index (χ0) is 17.3. The van der Waals surface area contributed by atoms with Gasteiger partial charge in [0.15, 0.2) is 11.6 Å². The average molecular weight is 359 g/mol. The van der Waals surface area contributed by atoms with E-state index in [4.69, 9.17) is 19.3 Å². The van der Waals surface area contributed by atoms with Crippen molar-refractivity contribution in [1.82, 2.24) is 25.2 Å². The minimum Gasteiger partial charge on any atom is -0.378 e. The molecular formula is C17H25N7O2. The third kappa shape index (κ3) is 2.99. The summed E-state index contributed by atoms with van der Waals surface area (Å²) in [6, 6.07) is 0.714. The number of piperidine rings is 1. The lowest BCUT2D eigenvalue weighted by atomic mass is 10.0. The molecule has 140 valence electrons. The van der Waals surface area contributed by atoms with E-state index in [1.165, 1.54) is 38.8 Å². The summed E-state index contributed by atoms with van der Waals surface area (Å²) in [5.41, 5.74) is 0.959. The summed E-state index contributed by atoms with van der Waals surface area (Å²) in [7, 11) is 0. The molecule has 5 heterocycles. The van der Waals surface area contributed by atoms with E-state index in [1.54, 1.807) is 0 Å². The van der Waals surface area contributed by atoms with Crippen LogP contribution in [0, 0.1) is 0 Å². The Morgan fingerprint density at radius 1 is 0.731 bits per heavy atom. The van der Waals surface area contributed by atoms with Gasteiger partial charge in [-0.25, -0.2) is 14.6 Å². The molecule has 0 N–H and O–H groups in total. The first-order valence-corrected chi connectivity index (χ1v) is 9.70. The number of rotatable bonds is 3. The predicted molar refractivity (Wildman–Crippen MR) is 96.5 cm³/mol. The molecule has 3 saturated heterocycles. The smallest absolute Gasteiger partial charge is 0.245 e. The summed E-state index contributed by atoms with van der Waals surface area (Å²) < 4.78 is 10.3. The largest absolute Gasteiger partial charge is 0.378 e. The molecule has 2 aromatic heterocycles. The second-order valence-electron chi connectivity index (χ2n) is 7.34. The van der Waals surface area contributed by atoms with Gasteiger partial charge in [0.1, 0.15) is 0 Å². The first-order chi connectivity index (χ1) is 12.9. The molecule has 0 spiro atoms. The number of likely N-dealkylation sites (tertiary alicyclic amines) is 1. The summed E-state index contributed by atoms with van der Waals surface area (Å²) in [4.78, 5) is 16.7. The maximum atomic E-state index is 5.49. The van der Waals surface area contributed by atoms with Gasteiger partial charge in [-0.2, -0.15) is 0 Å². The Labute approximate surface area is 152 Å². The number of aromatic nitrogens is 4. The molecule has 9 heteroatoms. The summed E-state index contributed by atoms with van der Waals surface area (Å²) >= 11 is 0. The van der Waals surface area contributed by atoms with E-state index in [2.05, 4.69) is 25.0 Å². The zero-order valence-electron chi connectivity index (χ0n) is 15.0. The second kappa shape index (κ2) is 6.96. The minimum atomic E-state index is 0.474. The first kappa shape index (κ1) is 16.2. The second-order valence-corrected chi connectivity index (χ2v) is 7.34. The van der Waals surface area contributed by atoms with Crippen LogP contribution in [0.3, 0.4) is 0 Å². The Hall–Kier alpha value is -2.00. The van der Waals surface area contributed by atoms with Crippen molar-refractivity contribution < 1.29 is 9.37 Å². The predicted octanol–water partition coefficient (Wildman–Crippen LogP) is 0.914. The summed E-state index contributed by atoms with van der Waals surface area (Å²) in [6.07, 6.45) is 5.06. The van der Waals surface area contributed by atoms with Crippen molar-refractivity contribution in [3.05, 3.63) is 0 Å². The van der Waals surface area contributed by atoms with Crippen molar-refractivity contribution in [2.45, 2.75) is 31.7 Å². The van der Waals surface area contributed by atoms with Crippen LogP contribution in [0.4, 0.5) is 11.6 Å². The molecule has 3 aliphatic rings. The van der Waals surface area contributed by atoms with Crippen molar-refractivity contribution in [2.24, 2.45) is 0 Å². The summed E-state index contributed by atoms with van der Waals surface area (Å²) in [5.74, 6) is 1.80. The first-order valence-electron chi connectivity index (χ1n) is 9.70. The molecule has 3 fully saturated rings. The Kier molecular flexibility index (Phi) is 4.33. The normalized spacial score (nSPS) is 23.2. The zero-order valence-corrected chi connectivity index (χ0v) is 15.0.